The number of aromatic nitrogens is 3. The number of rotatable bonds is 8. The number of aryl methyl sites for hydroxylation is 1. The summed E-state index contributed by atoms with van der Waals surface area (Å²) in [6.45, 7) is 2.06. The van der Waals surface area contributed by atoms with Crippen molar-refractivity contribution in [2.75, 3.05) is 5.75 Å². The Labute approximate surface area is 215 Å². The van der Waals surface area contributed by atoms with E-state index in [1.54, 1.807) is 0 Å². The predicted molar refractivity (Wildman–Crippen MR) is 145 cm³/mol. The molecule has 0 spiro atoms. The molecular weight excluding hydrogens is 464 g/mol. The van der Waals surface area contributed by atoms with E-state index in [2.05, 4.69) is 46.7 Å². The molecule has 0 fully saturated rings. The van der Waals surface area contributed by atoms with E-state index in [-0.39, 0.29) is 17.7 Å². The van der Waals surface area contributed by atoms with Crippen LogP contribution in [0.15, 0.2) is 120 Å². The number of carbonyl (C=O) groups is 1. The summed E-state index contributed by atoms with van der Waals surface area (Å²) in [5.74, 6) is 0.888. The zero-order chi connectivity index (χ0) is 24.7. The van der Waals surface area contributed by atoms with E-state index in [0.29, 0.717) is 5.16 Å². The molecule has 5 nitrogen and oxygen atoms in total. The maximum absolute atomic E-state index is 13.2. The predicted octanol–water partition coefficient (Wildman–Crippen LogP) is 6.24. The molecule has 1 atom stereocenters. The third kappa shape index (κ3) is 5.39. The summed E-state index contributed by atoms with van der Waals surface area (Å²) >= 11 is 1.38. The van der Waals surface area contributed by atoms with E-state index >= 15 is 0 Å². The maximum Gasteiger partial charge on any atom is 0.231 e. The zero-order valence-electron chi connectivity index (χ0n) is 19.9. The van der Waals surface area contributed by atoms with Gasteiger partial charge in [-0.3, -0.25) is 9.36 Å². The lowest BCUT2D eigenvalue weighted by atomic mass is 9.98. The van der Waals surface area contributed by atoms with Crippen molar-refractivity contribution in [3.8, 4) is 17.1 Å². The van der Waals surface area contributed by atoms with Gasteiger partial charge in [0.25, 0.3) is 0 Å². The van der Waals surface area contributed by atoms with Gasteiger partial charge in [-0.25, -0.2) is 0 Å². The van der Waals surface area contributed by atoms with Gasteiger partial charge in [-0.1, -0.05) is 120 Å². The van der Waals surface area contributed by atoms with E-state index in [4.69, 9.17) is 0 Å². The number of nitrogens with zero attached hydrogens (tertiary/aromatic N) is 3. The van der Waals surface area contributed by atoms with Gasteiger partial charge in [0, 0.05) is 11.3 Å². The lowest BCUT2D eigenvalue weighted by Crippen LogP contribution is -2.30. The highest BCUT2D eigenvalue weighted by Crippen LogP contribution is 2.28. The second kappa shape index (κ2) is 11.1. The van der Waals surface area contributed by atoms with Crippen molar-refractivity contribution in [3.05, 3.63) is 132 Å². The molecule has 4 aromatic carbocycles. The molecule has 6 heteroatoms. The van der Waals surface area contributed by atoms with Crippen molar-refractivity contribution < 1.29 is 4.79 Å². The molecule has 1 N–H and O–H groups in total. The second-order valence-corrected chi connectivity index (χ2v) is 9.40. The molecule has 0 saturated carbocycles. The minimum Gasteiger partial charge on any atom is -0.344 e. The summed E-state index contributed by atoms with van der Waals surface area (Å²) in [4.78, 5) is 13.2. The van der Waals surface area contributed by atoms with Crippen LogP contribution in [0.25, 0.3) is 17.1 Å². The van der Waals surface area contributed by atoms with Crippen molar-refractivity contribution in [2.24, 2.45) is 0 Å². The van der Waals surface area contributed by atoms with Gasteiger partial charge in [-0.05, 0) is 30.2 Å². The van der Waals surface area contributed by atoms with Crippen LogP contribution in [0.3, 0.4) is 0 Å². The van der Waals surface area contributed by atoms with E-state index in [0.717, 1.165) is 28.2 Å². The van der Waals surface area contributed by atoms with E-state index < -0.39 is 0 Å². The highest BCUT2D eigenvalue weighted by Gasteiger charge is 2.20. The summed E-state index contributed by atoms with van der Waals surface area (Å²) in [6.07, 6.45) is 0. The van der Waals surface area contributed by atoms with Crippen molar-refractivity contribution >= 4 is 17.7 Å². The molecule has 1 amide bonds. The first kappa shape index (κ1) is 23.6. The van der Waals surface area contributed by atoms with E-state index in [1.807, 2.05) is 95.6 Å². The Morgan fingerprint density at radius 3 is 2.03 bits per heavy atom. The molecule has 5 aromatic rings. The van der Waals surface area contributed by atoms with Gasteiger partial charge in [-0.15, -0.1) is 10.2 Å². The Kier molecular flexibility index (Phi) is 7.24. The minimum atomic E-state index is -0.230. The first-order valence-corrected chi connectivity index (χ1v) is 12.8. The van der Waals surface area contributed by atoms with Gasteiger partial charge >= 0.3 is 0 Å². The smallest absolute Gasteiger partial charge is 0.231 e. The SMILES string of the molecule is Cc1ccc(C(NC(=O)CSc2nnc(-c3ccccc3)n2-c2ccccc2)c2ccccc2)cc1. The van der Waals surface area contributed by atoms with E-state index in [1.165, 1.54) is 17.3 Å². The van der Waals surface area contributed by atoms with Crippen LogP contribution in [0.5, 0.6) is 0 Å². The minimum absolute atomic E-state index is 0.0710. The molecule has 36 heavy (non-hydrogen) atoms. The first-order chi connectivity index (χ1) is 17.7. The summed E-state index contributed by atoms with van der Waals surface area (Å²) in [6, 6.07) is 38.0. The molecule has 0 aliphatic rings. The molecule has 0 saturated heterocycles. The molecular formula is C30H26N4OS. The van der Waals surface area contributed by atoms with Gasteiger partial charge in [0.1, 0.15) is 0 Å². The van der Waals surface area contributed by atoms with Crippen molar-refractivity contribution in [1.29, 1.82) is 0 Å². The highest BCUT2D eigenvalue weighted by molar-refractivity contribution is 7.99. The van der Waals surface area contributed by atoms with Crippen LogP contribution in [0, 0.1) is 6.92 Å². The maximum atomic E-state index is 13.2. The third-order valence-electron chi connectivity index (χ3n) is 5.86. The zero-order valence-corrected chi connectivity index (χ0v) is 20.7. The number of thioether (sulfide) groups is 1. The van der Waals surface area contributed by atoms with Crippen LogP contribution in [0.1, 0.15) is 22.7 Å². The monoisotopic (exact) mass is 490 g/mol. The first-order valence-electron chi connectivity index (χ1n) is 11.8. The number of carbonyl (C=O) groups excluding carboxylic acids is 1. The largest absolute Gasteiger partial charge is 0.344 e. The van der Waals surface area contributed by atoms with Gasteiger partial charge in [0.15, 0.2) is 11.0 Å². The van der Waals surface area contributed by atoms with Crippen LogP contribution in [0.2, 0.25) is 0 Å². The average molecular weight is 491 g/mol. The summed E-state index contributed by atoms with van der Waals surface area (Å²) in [5.41, 5.74) is 5.18. The molecule has 1 unspecified atom stereocenters. The Hall–Kier alpha value is -4.16. The number of amides is 1. The molecule has 178 valence electrons. The van der Waals surface area contributed by atoms with Crippen LogP contribution in [-0.4, -0.2) is 26.4 Å². The molecule has 0 aliphatic carbocycles. The van der Waals surface area contributed by atoms with Crippen molar-refractivity contribution in [3.63, 3.8) is 0 Å². The van der Waals surface area contributed by atoms with Gasteiger partial charge in [0.05, 0.1) is 11.8 Å². The van der Waals surface area contributed by atoms with Crippen LogP contribution in [-0.2, 0) is 4.79 Å². The van der Waals surface area contributed by atoms with Crippen molar-refractivity contribution in [1.82, 2.24) is 20.1 Å². The standard InChI is InChI=1S/C30H26N4OS/c1-22-17-19-24(20-18-22)28(23-11-5-2-6-12-23)31-27(35)21-36-30-33-32-29(25-13-7-3-8-14-25)34(30)26-15-9-4-10-16-26/h2-20,28H,21H2,1H3,(H,31,35). The summed E-state index contributed by atoms with van der Waals surface area (Å²) in [7, 11) is 0. The molecule has 0 aliphatic heterocycles. The number of hydrogen-bond donors (Lipinski definition) is 1. The third-order valence-corrected chi connectivity index (χ3v) is 6.79. The number of para-hydroxylation sites is 1. The number of nitrogens with one attached hydrogen (secondary N) is 1. The Bertz CT molecular complexity index is 1420. The van der Waals surface area contributed by atoms with Crippen LogP contribution >= 0.6 is 11.8 Å². The molecule has 0 radical (unpaired) electrons. The average Bonchev–Trinajstić information content (AvgIpc) is 3.37. The normalized spacial score (nSPS) is 11.7. The molecule has 1 aromatic heterocycles. The highest BCUT2D eigenvalue weighted by atomic mass is 32.2. The van der Waals surface area contributed by atoms with Gasteiger partial charge in [-0.2, -0.15) is 0 Å². The van der Waals surface area contributed by atoms with Gasteiger partial charge < -0.3 is 5.32 Å². The topological polar surface area (TPSA) is 59.8 Å². The fraction of sp³-hybridized carbons (Fsp3) is 0.100. The molecule has 1 heterocycles. The lowest BCUT2D eigenvalue weighted by molar-refractivity contribution is -0.119. The Morgan fingerprint density at radius 1 is 0.778 bits per heavy atom. The second-order valence-electron chi connectivity index (χ2n) is 8.45. The number of hydrogen-bond acceptors (Lipinski definition) is 4. The summed E-state index contributed by atoms with van der Waals surface area (Å²) in [5, 5.41) is 12.8. The van der Waals surface area contributed by atoms with Crippen LogP contribution < -0.4 is 5.32 Å². The Morgan fingerprint density at radius 2 is 1.36 bits per heavy atom. The number of benzene rings is 4. The fourth-order valence-corrected chi connectivity index (χ4v) is 4.81. The van der Waals surface area contributed by atoms with Crippen molar-refractivity contribution in [2.45, 2.75) is 18.1 Å². The molecule has 5 rings (SSSR count). The quantitative estimate of drug-likeness (QED) is 0.262. The van der Waals surface area contributed by atoms with E-state index in [9.17, 15) is 4.79 Å². The fourth-order valence-electron chi connectivity index (χ4n) is 4.04. The van der Waals surface area contributed by atoms with Crippen LogP contribution in [0.4, 0.5) is 0 Å². The van der Waals surface area contributed by atoms with Gasteiger partial charge in [0.2, 0.25) is 5.91 Å². The summed E-state index contributed by atoms with van der Waals surface area (Å²) < 4.78 is 2.00. The lowest BCUT2D eigenvalue weighted by Gasteiger charge is -2.20. The molecule has 0 bridgehead atoms. The Balaban J connectivity index is 1.38.